The summed E-state index contributed by atoms with van der Waals surface area (Å²) in [5, 5.41) is 0.446. The molecule has 0 bridgehead atoms. The first-order chi connectivity index (χ1) is 16.1. The van der Waals surface area contributed by atoms with E-state index in [1.54, 1.807) is 30.3 Å². The molecule has 0 saturated carbocycles. The largest absolute Gasteiger partial charge is 0.497 e. The zero-order valence-corrected chi connectivity index (χ0v) is 20.3. The Morgan fingerprint density at radius 3 is 2.24 bits per heavy atom. The quantitative estimate of drug-likeness (QED) is 0.343. The van der Waals surface area contributed by atoms with Gasteiger partial charge in [-0.15, -0.1) is 0 Å². The van der Waals surface area contributed by atoms with E-state index in [0.29, 0.717) is 16.7 Å². The lowest BCUT2D eigenvalue weighted by Gasteiger charge is -2.16. The van der Waals surface area contributed by atoms with E-state index in [9.17, 15) is 16.8 Å². The number of halogens is 1. The minimum absolute atomic E-state index is 0.0611. The Labute approximate surface area is 201 Å². The number of fused-ring (bicyclic) bond motifs is 1. The summed E-state index contributed by atoms with van der Waals surface area (Å²) in [4.78, 5) is -0.199. The van der Waals surface area contributed by atoms with Crippen LogP contribution in [0.15, 0.2) is 81.1 Å². The molecular formula is C22H19ClN2O7S2. The van der Waals surface area contributed by atoms with Gasteiger partial charge in [-0.2, -0.15) is 8.42 Å². The van der Waals surface area contributed by atoms with Gasteiger partial charge in [-0.25, -0.2) is 8.42 Å². The second-order valence-electron chi connectivity index (χ2n) is 7.02. The first kappa shape index (κ1) is 23.7. The summed E-state index contributed by atoms with van der Waals surface area (Å²) in [6.07, 6.45) is 0. The van der Waals surface area contributed by atoms with Gasteiger partial charge in [0, 0.05) is 22.5 Å². The molecule has 12 heteroatoms. The molecule has 4 aromatic rings. The number of ether oxygens (including phenoxy) is 2. The number of anilines is 2. The first-order valence-corrected chi connectivity index (χ1v) is 13.0. The molecule has 0 saturated heterocycles. The van der Waals surface area contributed by atoms with Crippen LogP contribution >= 0.6 is 11.6 Å². The van der Waals surface area contributed by atoms with E-state index in [1.165, 1.54) is 50.6 Å². The average Bonchev–Trinajstić information content (AvgIpc) is 3.25. The predicted octanol–water partition coefficient (Wildman–Crippen LogP) is 4.71. The summed E-state index contributed by atoms with van der Waals surface area (Å²) in [7, 11) is -5.71. The van der Waals surface area contributed by atoms with E-state index < -0.39 is 20.0 Å². The predicted molar refractivity (Wildman–Crippen MR) is 129 cm³/mol. The van der Waals surface area contributed by atoms with Gasteiger partial charge in [0.25, 0.3) is 20.0 Å². The summed E-state index contributed by atoms with van der Waals surface area (Å²) in [5.74, 6) is 0.370. The van der Waals surface area contributed by atoms with Gasteiger partial charge in [-0.05, 0) is 36.4 Å². The van der Waals surface area contributed by atoms with Crippen molar-refractivity contribution in [2.75, 3.05) is 23.7 Å². The molecule has 3 aromatic carbocycles. The van der Waals surface area contributed by atoms with Gasteiger partial charge in [0.1, 0.15) is 22.0 Å². The highest BCUT2D eigenvalue weighted by molar-refractivity contribution is 7.93. The zero-order valence-electron chi connectivity index (χ0n) is 17.9. The highest BCUT2D eigenvalue weighted by Crippen LogP contribution is 2.34. The molecule has 0 aliphatic heterocycles. The third-order valence-electron chi connectivity index (χ3n) is 4.80. The smallest absolute Gasteiger partial charge is 0.295 e. The summed E-state index contributed by atoms with van der Waals surface area (Å²) in [5.41, 5.74) is 0.229. The lowest BCUT2D eigenvalue weighted by molar-refractivity contribution is 0.392. The van der Waals surface area contributed by atoms with Crippen LogP contribution in [0.1, 0.15) is 0 Å². The molecule has 4 rings (SSSR count). The number of sulfonamides is 2. The summed E-state index contributed by atoms with van der Waals surface area (Å²) < 4.78 is 72.8. The maximum absolute atomic E-state index is 13.2. The van der Waals surface area contributed by atoms with Crippen LogP contribution in [-0.2, 0) is 20.0 Å². The Hall–Kier alpha value is -3.41. The van der Waals surface area contributed by atoms with Crippen molar-refractivity contribution in [1.82, 2.24) is 0 Å². The standard InChI is InChI=1S/C22H19ClN2O7S2/c1-30-16-8-10-20(31-2)21(13-16)33(26,27)24-17-9-7-15(23)12-18(17)25-34(28,29)22-11-14-5-3-4-6-19(14)32-22/h3-13,24-25H,1-2H3. The molecule has 0 aliphatic rings. The second kappa shape index (κ2) is 9.09. The van der Waals surface area contributed by atoms with Crippen LogP contribution in [-0.4, -0.2) is 31.1 Å². The van der Waals surface area contributed by atoms with Crippen LogP contribution in [0.4, 0.5) is 11.4 Å². The number of para-hydroxylation sites is 1. The van der Waals surface area contributed by atoms with Gasteiger partial charge in [0.15, 0.2) is 0 Å². The zero-order chi connectivity index (χ0) is 24.5. The minimum Gasteiger partial charge on any atom is -0.497 e. The maximum atomic E-state index is 13.2. The van der Waals surface area contributed by atoms with Crippen LogP contribution in [0.5, 0.6) is 11.5 Å². The Balaban J connectivity index is 1.72. The molecule has 0 fully saturated rings. The first-order valence-electron chi connectivity index (χ1n) is 9.69. The van der Waals surface area contributed by atoms with Crippen LogP contribution in [0.25, 0.3) is 11.0 Å². The van der Waals surface area contributed by atoms with Gasteiger partial charge >= 0.3 is 0 Å². The van der Waals surface area contributed by atoms with Gasteiger partial charge in [-0.3, -0.25) is 9.44 Å². The molecule has 34 heavy (non-hydrogen) atoms. The van der Waals surface area contributed by atoms with E-state index in [0.717, 1.165) is 0 Å². The van der Waals surface area contributed by atoms with Crippen LogP contribution < -0.4 is 18.9 Å². The maximum Gasteiger partial charge on any atom is 0.295 e. The molecular weight excluding hydrogens is 504 g/mol. The number of hydrogen-bond acceptors (Lipinski definition) is 7. The van der Waals surface area contributed by atoms with E-state index >= 15 is 0 Å². The lowest BCUT2D eigenvalue weighted by atomic mass is 10.3. The van der Waals surface area contributed by atoms with Gasteiger partial charge < -0.3 is 13.9 Å². The lowest BCUT2D eigenvalue weighted by Crippen LogP contribution is -2.18. The fraction of sp³-hybridized carbons (Fsp3) is 0.0909. The van der Waals surface area contributed by atoms with Gasteiger partial charge in [-0.1, -0.05) is 29.8 Å². The number of hydrogen-bond donors (Lipinski definition) is 2. The van der Waals surface area contributed by atoms with Crippen molar-refractivity contribution in [3.63, 3.8) is 0 Å². The van der Waals surface area contributed by atoms with Crippen molar-refractivity contribution in [2.24, 2.45) is 0 Å². The molecule has 1 heterocycles. The molecule has 0 radical (unpaired) electrons. The van der Waals surface area contributed by atoms with E-state index in [4.69, 9.17) is 25.5 Å². The van der Waals surface area contributed by atoms with E-state index in [-0.39, 0.29) is 32.1 Å². The topological polar surface area (TPSA) is 124 Å². The number of nitrogens with one attached hydrogen (secondary N) is 2. The van der Waals surface area contributed by atoms with E-state index in [2.05, 4.69) is 9.44 Å². The fourth-order valence-electron chi connectivity index (χ4n) is 3.17. The molecule has 0 amide bonds. The third-order valence-corrected chi connectivity index (χ3v) is 7.64. The number of benzene rings is 3. The average molecular weight is 523 g/mol. The normalized spacial score (nSPS) is 11.9. The van der Waals surface area contributed by atoms with Crippen molar-refractivity contribution in [3.05, 3.63) is 71.8 Å². The molecule has 2 N–H and O–H groups in total. The summed E-state index contributed by atoms with van der Waals surface area (Å²) in [6, 6.07) is 16.5. The molecule has 178 valence electrons. The third kappa shape index (κ3) is 4.76. The van der Waals surface area contributed by atoms with E-state index in [1.807, 2.05) is 0 Å². The minimum atomic E-state index is -4.22. The molecule has 9 nitrogen and oxygen atoms in total. The molecule has 1 aromatic heterocycles. The van der Waals surface area contributed by atoms with Crippen LogP contribution in [0, 0.1) is 0 Å². The second-order valence-corrected chi connectivity index (χ2v) is 10.7. The van der Waals surface area contributed by atoms with Crippen molar-refractivity contribution >= 4 is 54.0 Å². The summed E-state index contributed by atoms with van der Waals surface area (Å²) >= 11 is 6.06. The van der Waals surface area contributed by atoms with Crippen molar-refractivity contribution < 1.29 is 30.7 Å². The number of rotatable bonds is 8. The number of methoxy groups -OCH3 is 2. The Morgan fingerprint density at radius 2 is 1.53 bits per heavy atom. The van der Waals surface area contributed by atoms with Crippen molar-refractivity contribution in [2.45, 2.75) is 9.99 Å². The molecule has 0 atom stereocenters. The Kier molecular flexibility index (Phi) is 6.34. The Bertz CT molecular complexity index is 1550. The van der Waals surface area contributed by atoms with Crippen molar-refractivity contribution in [3.8, 4) is 11.5 Å². The van der Waals surface area contributed by atoms with Crippen LogP contribution in [0.2, 0.25) is 5.02 Å². The monoisotopic (exact) mass is 522 g/mol. The van der Waals surface area contributed by atoms with Crippen LogP contribution in [0.3, 0.4) is 0 Å². The van der Waals surface area contributed by atoms with Gasteiger partial charge in [0.05, 0.1) is 25.6 Å². The highest BCUT2D eigenvalue weighted by Gasteiger charge is 2.25. The number of furan rings is 1. The summed E-state index contributed by atoms with van der Waals surface area (Å²) in [6.45, 7) is 0. The fourth-order valence-corrected chi connectivity index (χ4v) is 5.65. The molecule has 0 spiro atoms. The molecule has 0 aliphatic carbocycles. The van der Waals surface area contributed by atoms with Crippen molar-refractivity contribution in [1.29, 1.82) is 0 Å². The SMILES string of the molecule is COc1ccc(OC)c(S(=O)(=O)Nc2ccc(Cl)cc2NS(=O)(=O)c2cc3ccccc3o2)c1. The highest BCUT2D eigenvalue weighted by atomic mass is 35.5. The van der Waals surface area contributed by atoms with Gasteiger partial charge in [0.2, 0.25) is 5.09 Å². The molecule has 0 unspecified atom stereocenters. The Morgan fingerprint density at radius 1 is 0.794 bits per heavy atom.